The van der Waals surface area contributed by atoms with Gasteiger partial charge >= 0.3 is 0 Å². The third-order valence-electron chi connectivity index (χ3n) is 2.56. The molecule has 0 saturated carbocycles. The van der Waals surface area contributed by atoms with Crippen molar-refractivity contribution in [3.63, 3.8) is 0 Å². The molecule has 3 rings (SSSR count). The first kappa shape index (κ1) is 13.2. The molecule has 0 radical (unpaired) electrons. The molecule has 2 nitrogen and oxygen atoms in total. The first-order valence-corrected chi connectivity index (χ1v) is 7.03. The Balaban J connectivity index is 2.33. The largest absolute Gasteiger partial charge is 0.244 e. The smallest absolute Gasteiger partial charge is 0.172 e. The predicted octanol–water partition coefficient (Wildman–Crippen LogP) is 4.49. The normalized spacial score (nSPS) is 11.0. The molecule has 102 valence electrons. The molecular formula is C12H4F4N2S2. The Kier molecular flexibility index (Phi) is 3.27. The van der Waals surface area contributed by atoms with Gasteiger partial charge < -0.3 is 0 Å². The number of hydrogen-bond donors (Lipinski definition) is 0. The zero-order valence-corrected chi connectivity index (χ0v) is 11.2. The average molecular weight is 316 g/mol. The summed E-state index contributed by atoms with van der Waals surface area (Å²) in [5.74, 6) is -5.87. The van der Waals surface area contributed by atoms with E-state index in [0.717, 1.165) is 22.7 Å². The van der Waals surface area contributed by atoms with E-state index in [1.165, 1.54) is 23.2 Å². The van der Waals surface area contributed by atoms with Gasteiger partial charge in [-0.25, -0.2) is 27.5 Å². The molecule has 0 aliphatic rings. The lowest BCUT2D eigenvalue weighted by atomic mass is 10.1. The lowest BCUT2D eigenvalue weighted by Crippen LogP contribution is -2.03. The number of halogens is 4. The summed E-state index contributed by atoms with van der Waals surface area (Å²) in [6.07, 6.45) is 2.59. The van der Waals surface area contributed by atoms with Gasteiger partial charge in [-0.3, -0.25) is 0 Å². The van der Waals surface area contributed by atoms with E-state index in [4.69, 9.17) is 0 Å². The summed E-state index contributed by atoms with van der Waals surface area (Å²) in [7, 11) is 0. The molecule has 20 heavy (non-hydrogen) atoms. The second-order valence-electron chi connectivity index (χ2n) is 3.68. The molecule has 0 unspecified atom stereocenters. The van der Waals surface area contributed by atoms with E-state index < -0.39 is 34.4 Å². The highest BCUT2D eigenvalue weighted by Gasteiger charge is 2.29. The first-order valence-electron chi connectivity index (χ1n) is 5.27. The number of nitrogens with zero attached hydrogens (tertiary/aromatic N) is 2. The van der Waals surface area contributed by atoms with Crippen LogP contribution in [-0.2, 0) is 0 Å². The molecule has 0 atom stereocenters. The number of benzene rings is 1. The average Bonchev–Trinajstić information content (AvgIpc) is 3.10. The van der Waals surface area contributed by atoms with Crippen molar-refractivity contribution in [3.05, 3.63) is 46.4 Å². The molecule has 0 aliphatic carbocycles. The van der Waals surface area contributed by atoms with Crippen molar-refractivity contribution < 1.29 is 17.6 Å². The van der Waals surface area contributed by atoms with Crippen LogP contribution < -0.4 is 0 Å². The highest BCUT2D eigenvalue weighted by molar-refractivity contribution is 7.13. The molecule has 3 aromatic rings. The van der Waals surface area contributed by atoms with E-state index in [9.17, 15) is 17.6 Å². The van der Waals surface area contributed by atoms with Crippen molar-refractivity contribution in [2.24, 2.45) is 0 Å². The minimum Gasteiger partial charge on any atom is -0.244 e. The van der Waals surface area contributed by atoms with Gasteiger partial charge in [0.15, 0.2) is 23.3 Å². The first-order chi connectivity index (χ1) is 9.61. The summed E-state index contributed by atoms with van der Waals surface area (Å²) >= 11 is 1.78. The van der Waals surface area contributed by atoms with Crippen LogP contribution in [0.25, 0.3) is 21.1 Å². The fourth-order valence-electron chi connectivity index (χ4n) is 1.70. The lowest BCUT2D eigenvalue weighted by Gasteiger charge is -2.08. The van der Waals surface area contributed by atoms with Crippen LogP contribution in [0.4, 0.5) is 17.6 Å². The quantitative estimate of drug-likeness (QED) is 0.514. The van der Waals surface area contributed by atoms with Crippen LogP contribution in [0.1, 0.15) is 0 Å². The molecule has 2 aromatic heterocycles. The lowest BCUT2D eigenvalue weighted by molar-refractivity contribution is 0.462. The van der Waals surface area contributed by atoms with Crippen molar-refractivity contribution in [1.29, 1.82) is 0 Å². The number of aromatic nitrogens is 2. The SMILES string of the molecule is Fc1c(F)c(-c2nccs2)c(F)c(F)c1-c1nccs1. The van der Waals surface area contributed by atoms with Gasteiger partial charge in [-0.2, -0.15) is 0 Å². The molecule has 0 saturated heterocycles. The zero-order chi connectivity index (χ0) is 14.3. The topological polar surface area (TPSA) is 25.8 Å². The Hall–Kier alpha value is -1.80. The second-order valence-corrected chi connectivity index (χ2v) is 5.47. The summed E-state index contributed by atoms with van der Waals surface area (Å²) in [6.45, 7) is 0. The van der Waals surface area contributed by atoms with Crippen LogP contribution in [0.5, 0.6) is 0 Å². The van der Waals surface area contributed by atoms with Crippen LogP contribution in [0.3, 0.4) is 0 Å². The van der Waals surface area contributed by atoms with Gasteiger partial charge in [0.1, 0.15) is 10.0 Å². The maximum absolute atomic E-state index is 14.0. The van der Waals surface area contributed by atoms with Crippen LogP contribution in [0.2, 0.25) is 0 Å². The van der Waals surface area contributed by atoms with Crippen LogP contribution in [-0.4, -0.2) is 9.97 Å². The summed E-state index contributed by atoms with van der Waals surface area (Å²) in [4.78, 5) is 7.35. The Bertz CT molecular complexity index is 660. The van der Waals surface area contributed by atoms with E-state index in [1.807, 2.05) is 0 Å². The molecular weight excluding hydrogens is 312 g/mol. The monoisotopic (exact) mass is 316 g/mol. The maximum atomic E-state index is 14.0. The molecule has 0 aliphatic heterocycles. The van der Waals surface area contributed by atoms with Crippen LogP contribution in [0, 0.1) is 23.3 Å². The van der Waals surface area contributed by atoms with Crippen molar-refractivity contribution in [2.75, 3.05) is 0 Å². The molecule has 0 fully saturated rings. The van der Waals surface area contributed by atoms with E-state index in [1.54, 1.807) is 0 Å². The fourth-order valence-corrected chi connectivity index (χ4v) is 3.04. The Morgan fingerprint density at radius 2 is 1.00 bits per heavy atom. The molecule has 2 heterocycles. The van der Waals surface area contributed by atoms with Gasteiger partial charge in [-0.1, -0.05) is 0 Å². The molecule has 1 aromatic carbocycles. The molecule has 0 amide bonds. The minimum absolute atomic E-state index is 0.122. The van der Waals surface area contributed by atoms with Crippen molar-refractivity contribution in [1.82, 2.24) is 9.97 Å². The molecule has 0 bridgehead atoms. The van der Waals surface area contributed by atoms with Gasteiger partial charge in [0.05, 0.1) is 11.1 Å². The van der Waals surface area contributed by atoms with E-state index >= 15 is 0 Å². The molecule has 0 spiro atoms. The standard InChI is InChI=1S/C12H4F4N2S2/c13-7-5(11-17-1-3-19-11)8(14)10(16)6(9(7)15)12-18-2-4-20-12/h1-4H. The molecule has 0 N–H and O–H groups in total. The van der Waals surface area contributed by atoms with Crippen LogP contribution in [0.15, 0.2) is 23.2 Å². The number of hydrogen-bond acceptors (Lipinski definition) is 4. The Labute approximate surface area is 118 Å². The number of thiazole rings is 2. The zero-order valence-electron chi connectivity index (χ0n) is 9.53. The summed E-state index contributed by atoms with van der Waals surface area (Å²) < 4.78 is 56.1. The van der Waals surface area contributed by atoms with E-state index in [0.29, 0.717) is 0 Å². The van der Waals surface area contributed by atoms with Crippen molar-refractivity contribution in [2.45, 2.75) is 0 Å². The van der Waals surface area contributed by atoms with Gasteiger partial charge in [-0.15, -0.1) is 22.7 Å². The summed E-state index contributed by atoms with van der Waals surface area (Å²) in [5.41, 5.74) is -1.59. The summed E-state index contributed by atoms with van der Waals surface area (Å²) in [5, 5.41) is 2.67. The molecule has 8 heteroatoms. The second kappa shape index (κ2) is 4.95. The Morgan fingerprint density at radius 1 is 0.650 bits per heavy atom. The van der Waals surface area contributed by atoms with Gasteiger partial charge in [0, 0.05) is 23.2 Å². The van der Waals surface area contributed by atoms with Crippen molar-refractivity contribution >= 4 is 22.7 Å². The van der Waals surface area contributed by atoms with E-state index in [-0.39, 0.29) is 10.0 Å². The third-order valence-corrected chi connectivity index (χ3v) is 4.14. The van der Waals surface area contributed by atoms with Gasteiger partial charge in [-0.05, 0) is 0 Å². The van der Waals surface area contributed by atoms with Crippen LogP contribution >= 0.6 is 22.7 Å². The Morgan fingerprint density at radius 3 is 1.25 bits per heavy atom. The maximum Gasteiger partial charge on any atom is 0.172 e. The highest BCUT2D eigenvalue weighted by atomic mass is 32.1. The minimum atomic E-state index is -1.47. The van der Waals surface area contributed by atoms with E-state index in [2.05, 4.69) is 9.97 Å². The fraction of sp³-hybridized carbons (Fsp3) is 0. The van der Waals surface area contributed by atoms with Crippen molar-refractivity contribution in [3.8, 4) is 21.1 Å². The van der Waals surface area contributed by atoms with Gasteiger partial charge in [0.25, 0.3) is 0 Å². The number of rotatable bonds is 2. The third kappa shape index (κ3) is 1.92. The van der Waals surface area contributed by atoms with Gasteiger partial charge in [0.2, 0.25) is 0 Å². The summed E-state index contributed by atoms with van der Waals surface area (Å²) in [6, 6.07) is 0. The highest BCUT2D eigenvalue weighted by Crippen LogP contribution is 2.37. The predicted molar refractivity (Wildman–Crippen MR) is 68.5 cm³/mol.